The molecular weight excluding hydrogens is 346 g/mol. The van der Waals surface area contributed by atoms with Crippen molar-refractivity contribution >= 4 is 11.7 Å². The van der Waals surface area contributed by atoms with Crippen LogP contribution in [0.15, 0.2) is 35.8 Å². The number of anilines is 1. The summed E-state index contributed by atoms with van der Waals surface area (Å²) in [7, 11) is 1.37. The summed E-state index contributed by atoms with van der Waals surface area (Å²) in [5, 5.41) is 7.40. The van der Waals surface area contributed by atoms with Crippen molar-refractivity contribution in [3.05, 3.63) is 41.4 Å². The zero-order valence-corrected chi connectivity index (χ0v) is 13.9. The number of aromatic nitrogens is 3. The maximum absolute atomic E-state index is 12.6. The smallest absolute Gasteiger partial charge is 0.387 e. The van der Waals surface area contributed by atoms with Crippen molar-refractivity contribution in [1.29, 1.82) is 0 Å². The zero-order valence-electron chi connectivity index (χ0n) is 13.9. The van der Waals surface area contributed by atoms with Crippen LogP contribution in [0.5, 0.6) is 11.5 Å². The average molecular weight is 362 g/mol. The van der Waals surface area contributed by atoms with Gasteiger partial charge in [-0.25, -0.2) is 4.68 Å². The molecule has 0 saturated carbocycles. The Morgan fingerprint density at radius 3 is 2.92 bits per heavy atom. The second-order valence-electron chi connectivity index (χ2n) is 6.01. The summed E-state index contributed by atoms with van der Waals surface area (Å²) >= 11 is 0. The van der Waals surface area contributed by atoms with Crippen molar-refractivity contribution in [2.45, 2.75) is 31.9 Å². The third kappa shape index (κ3) is 2.69. The molecular formula is C17H16F2N4O3. The summed E-state index contributed by atoms with van der Waals surface area (Å²) in [6, 6.07) is 4.14. The number of methoxy groups -OCH3 is 1. The van der Waals surface area contributed by atoms with E-state index in [1.807, 2.05) is 0 Å². The average Bonchev–Trinajstić information content (AvgIpc) is 3.08. The molecule has 1 unspecified atom stereocenters. The van der Waals surface area contributed by atoms with Gasteiger partial charge in [-0.1, -0.05) is 6.07 Å². The molecule has 136 valence electrons. The van der Waals surface area contributed by atoms with Crippen molar-refractivity contribution in [2.24, 2.45) is 0 Å². The minimum Gasteiger partial charge on any atom is -0.493 e. The number of alkyl halides is 2. The summed E-state index contributed by atoms with van der Waals surface area (Å²) in [6.45, 7) is -2.95. The lowest BCUT2D eigenvalue weighted by Crippen LogP contribution is -2.31. The molecule has 2 aliphatic rings. The maximum Gasteiger partial charge on any atom is 0.387 e. The number of nitrogens with zero attached hydrogens (tertiary/aromatic N) is 3. The first-order chi connectivity index (χ1) is 12.6. The van der Waals surface area contributed by atoms with Crippen LogP contribution >= 0.6 is 0 Å². The summed E-state index contributed by atoms with van der Waals surface area (Å²) < 4.78 is 36.4. The Balaban J connectivity index is 1.83. The minimum atomic E-state index is -2.95. The van der Waals surface area contributed by atoms with E-state index >= 15 is 0 Å². The van der Waals surface area contributed by atoms with Gasteiger partial charge in [0.15, 0.2) is 17.3 Å². The van der Waals surface area contributed by atoms with Crippen LogP contribution < -0.4 is 14.8 Å². The van der Waals surface area contributed by atoms with Gasteiger partial charge in [0.1, 0.15) is 12.4 Å². The van der Waals surface area contributed by atoms with Gasteiger partial charge in [0.25, 0.3) is 0 Å². The summed E-state index contributed by atoms with van der Waals surface area (Å²) in [5.74, 6) is 0.670. The normalized spacial score (nSPS) is 19.1. The fraction of sp³-hybridized carbons (Fsp3) is 0.353. The van der Waals surface area contributed by atoms with E-state index in [4.69, 9.17) is 4.74 Å². The number of rotatable bonds is 4. The first-order valence-corrected chi connectivity index (χ1v) is 8.14. The van der Waals surface area contributed by atoms with Gasteiger partial charge in [-0.15, -0.1) is 0 Å². The van der Waals surface area contributed by atoms with Crippen LogP contribution in [-0.2, 0) is 4.79 Å². The highest BCUT2D eigenvalue weighted by atomic mass is 19.3. The lowest BCUT2D eigenvalue weighted by Gasteiger charge is -2.32. The molecule has 1 aliphatic heterocycles. The van der Waals surface area contributed by atoms with Crippen molar-refractivity contribution < 1.29 is 23.0 Å². The van der Waals surface area contributed by atoms with Gasteiger partial charge < -0.3 is 14.8 Å². The molecule has 4 rings (SSSR count). The molecule has 9 heteroatoms. The van der Waals surface area contributed by atoms with Crippen molar-refractivity contribution in [1.82, 2.24) is 14.8 Å². The van der Waals surface area contributed by atoms with Gasteiger partial charge in [0, 0.05) is 17.7 Å². The van der Waals surface area contributed by atoms with Gasteiger partial charge in [-0.05, 0) is 30.5 Å². The minimum absolute atomic E-state index is 0.0387. The molecule has 2 heterocycles. The Kier molecular flexibility index (Phi) is 4.06. The number of halogens is 2. The molecule has 0 fully saturated rings. The van der Waals surface area contributed by atoms with Crippen LogP contribution in [0.4, 0.5) is 14.7 Å². The number of carbonyl (C=O) groups excluding carboxylic acids is 1. The second-order valence-corrected chi connectivity index (χ2v) is 6.01. The Hall–Kier alpha value is -2.97. The third-order valence-corrected chi connectivity index (χ3v) is 4.53. The molecule has 0 saturated heterocycles. The Morgan fingerprint density at radius 1 is 1.31 bits per heavy atom. The van der Waals surface area contributed by atoms with E-state index in [-0.39, 0.29) is 17.3 Å². The number of carbonyl (C=O) groups is 1. The van der Waals surface area contributed by atoms with Gasteiger partial charge in [0.2, 0.25) is 5.95 Å². The first kappa shape index (κ1) is 16.5. The lowest BCUT2D eigenvalue weighted by molar-refractivity contribution is -0.116. The monoisotopic (exact) mass is 362 g/mol. The van der Waals surface area contributed by atoms with Crippen LogP contribution in [0.2, 0.25) is 0 Å². The number of Topliss-reactive ketones (excluding diaryl/α,β-unsaturated/α-hetero) is 1. The maximum atomic E-state index is 12.6. The van der Waals surface area contributed by atoms with Crippen molar-refractivity contribution in [2.75, 3.05) is 12.4 Å². The second kappa shape index (κ2) is 6.40. The van der Waals surface area contributed by atoms with Gasteiger partial charge >= 0.3 is 6.61 Å². The van der Waals surface area contributed by atoms with Crippen molar-refractivity contribution in [3.63, 3.8) is 0 Å². The SMILES string of the molecule is COc1cc(C2C3=C(CCCC3=O)Nc3ncnn32)ccc1OC(F)F. The standard InChI is InChI=1S/C17H16F2N4O3/c1-25-13-7-9(5-6-12(13)26-16(18)19)15-14-10(3-2-4-11(14)24)22-17-20-8-21-23(15)17/h5-8,15-16H,2-4H2,1H3,(H,20,21,22). The summed E-state index contributed by atoms with van der Waals surface area (Å²) in [6.07, 6.45) is 3.39. The number of fused-ring (bicyclic) bond motifs is 1. The molecule has 0 spiro atoms. The Labute approximate surface area is 147 Å². The molecule has 26 heavy (non-hydrogen) atoms. The predicted octanol–water partition coefficient (Wildman–Crippen LogP) is 2.91. The number of hydrogen-bond donors (Lipinski definition) is 1. The van der Waals surface area contributed by atoms with Crippen LogP contribution in [0, 0.1) is 0 Å². The van der Waals surface area contributed by atoms with Crippen LogP contribution in [-0.4, -0.2) is 34.3 Å². The van der Waals surface area contributed by atoms with E-state index in [0.717, 1.165) is 18.5 Å². The Bertz CT molecular complexity index is 894. The topological polar surface area (TPSA) is 78.3 Å². The largest absolute Gasteiger partial charge is 0.493 e. The van der Waals surface area contributed by atoms with E-state index in [2.05, 4.69) is 20.1 Å². The van der Waals surface area contributed by atoms with Crippen LogP contribution in [0.25, 0.3) is 0 Å². The van der Waals surface area contributed by atoms with Gasteiger partial charge in [-0.2, -0.15) is 18.9 Å². The number of allylic oxidation sites excluding steroid dienone is 2. The summed E-state index contributed by atoms with van der Waals surface area (Å²) in [4.78, 5) is 16.8. The van der Waals surface area contributed by atoms with Crippen molar-refractivity contribution in [3.8, 4) is 11.5 Å². The highest BCUT2D eigenvalue weighted by Gasteiger charge is 2.36. The molecule has 2 aromatic rings. The highest BCUT2D eigenvalue weighted by molar-refractivity contribution is 5.99. The van der Waals surface area contributed by atoms with E-state index < -0.39 is 12.7 Å². The number of nitrogens with one attached hydrogen (secondary N) is 1. The van der Waals surface area contributed by atoms with Crippen LogP contribution in [0.1, 0.15) is 30.9 Å². The number of benzene rings is 1. The molecule has 0 bridgehead atoms. The predicted molar refractivity (Wildman–Crippen MR) is 87.3 cm³/mol. The van der Waals surface area contributed by atoms with Gasteiger partial charge in [-0.3, -0.25) is 4.79 Å². The van der Waals surface area contributed by atoms with E-state index in [9.17, 15) is 13.6 Å². The highest BCUT2D eigenvalue weighted by Crippen LogP contribution is 2.41. The number of hydrogen-bond acceptors (Lipinski definition) is 6. The molecule has 0 radical (unpaired) electrons. The van der Waals surface area contributed by atoms with E-state index in [0.29, 0.717) is 23.5 Å². The lowest BCUT2D eigenvalue weighted by atomic mass is 9.85. The molecule has 1 aromatic carbocycles. The molecule has 7 nitrogen and oxygen atoms in total. The summed E-state index contributed by atoms with van der Waals surface area (Å²) in [5.41, 5.74) is 2.14. The van der Waals surface area contributed by atoms with Gasteiger partial charge in [0.05, 0.1) is 7.11 Å². The fourth-order valence-electron chi connectivity index (χ4n) is 3.45. The zero-order chi connectivity index (χ0) is 18.3. The van der Waals surface area contributed by atoms with E-state index in [1.165, 1.54) is 19.5 Å². The first-order valence-electron chi connectivity index (χ1n) is 8.14. The van der Waals surface area contributed by atoms with E-state index in [1.54, 1.807) is 16.8 Å². The molecule has 0 amide bonds. The third-order valence-electron chi connectivity index (χ3n) is 4.53. The quantitative estimate of drug-likeness (QED) is 0.901. The molecule has 1 aliphatic carbocycles. The molecule has 1 aromatic heterocycles. The molecule has 1 N–H and O–H groups in total. The number of ketones is 1. The Morgan fingerprint density at radius 2 is 2.15 bits per heavy atom. The number of ether oxygens (including phenoxy) is 2. The van der Waals surface area contributed by atoms with Crippen LogP contribution in [0.3, 0.4) is 0 Å². The molecule has 1 atom stereocenters. The fourth-order valence-corrected chi connectivity index (χ4v) is 3.45.